The summed E-state index contributed by atoms with van der Waals surface area (Å²) in [5, 5.41) is 19.9. The summed E-state index contributed by atoms with van der Waals surface area (Å²) in [5.74, 6) is 0.809. The Hall–Kier alpha value is -1.06. The lowest BCUT2D eigenvalue weighted by Crippen LogP contribution is -2.19. The largest absolute Gasteiger partial charge is 0.496 e. The van der Waals surface area contributed by atoms with E-state index in [1.165, 1.54) is 0 Å². The molecule has 1 rings (SSSR count). The standard InChI is InChI=1S/C14H22O3/c1-5-6-12(15)14(16)11-7-10(3)13(17-4)8-9(11)2/h7-8,12,14-16H,5-6H2,1-4H3. The van der Waals surface area contributed by atoms with Crippen molar-refractivity contribution in [3.05, 3.63) is 28.8 Å². The van der Waals surface area contributed by atoms with Gasteiger partial charge in [-0.05, 0) is 49.1 Å². The summed E-state index contributed by atoms with van der Waals surface area (Å²) in [6, 6.07) is 3.78. The highest BCUT2D eigenvalue weighted by atomic mass is 16.5. The third-order valence-corrected chi connectivity index (χ3v) is 3.05. The summed E-state index contributed by atoms with van der Waals surface area (Å²) in [5.41, 5.74) is 2.69. The molecule has 0 aliphatic heterocycles. The molecule has 0 aromatic heterocycles. The number of benzene rings is 1. The summed E-state index contributed by atoms with van der Waals surface area (Å²) < 4.78 is 5.22. The van der Waals surface area contributed by atoms with E-state index in [1.807, 2.05) is 32.9 Å². The zero-order chi connectivity index (χ0) is 13.0. The summed E-state index contributed by atoms with van der Waals surface area (Å²) >= 11 is 0. The van der Waals surface area contributed by atoms with E-state index in [1.54, 1.807) is 7.11 Å². The van der Waals surface area contributed by atoms with Crippen molar-refractivity contribution in [2.24, 2.45) is 0 Å². The van der Waals surface area contributed by atoms with Crippen molar-refractivity contribution in [2.45, 2.75) is 45.8 Å². The number of ether oxygens (including phenoxy) is 1. The normalized spacial score (nSPS) is 14.5. The predicted octanol–water partition coefficient (Wildman–Crippen LogP) is 2.51. The third-order valence-electron chi connectivity index (χ3n) is 3.05. The van der Waals surface area contributed by atoms with Crippen LogP contribution < -0.4 is 4.74 Å². The van der Waals surface area contributed by atoms with E-state index in [4.69, 9.17) is 4.74 Å². The number of hydrogen-bond donors (Lipinski definition) is 2. The molecule has 0 amide bonds. The lowest BCUT2D eigenvalue weighted by molar-refractivity contribution is 0.0127. The van der Waals surface area contributed by atoms with Crippen molar-refractivity contribution in [3.63, 3.8) is 0 Å². The van der Waals surface area contributed by atoms with Gasteiger partial charge in [-0.15, -0.1) is 0 Å². The number of hydrogen-bond acceptors (Lipinski definition) is 3. The van der Waals surface area contributed by atoms with Gasteiger partial charge in [0, 0.05) is 0 Å². The van der Waals surface area contributed by atoms with Crippen molar-refractivity contribution in [2.75, 3.05) is 7.11 Å². The molecule has 3 nitrogen and oxygen atoms in total. The number of methoxy groups -OCH3 is 1. The molecule has 17 heavy (non-hydrogen) atoms. The maximum Gasteiger partial charge on any atom is 0.122 e. The topological polar surface area (TPSA) is 49.7 Å². The van der Waals surface area contributed by atoms with Gasteiger partial charge < -0.3 is 14.9 Å². The summed E-state index contributed by atoms with van der Waals surface area (Å²) in [7, 11) is 1.63. The van der Waals surface area contributed by atoms with Crippen molar-refractivity contribution >= 4 is 0 Å². The zero-order valence-corrected chi connectivity index (χ0v) is 11.0. The first-order valence-electron chi connectivity index (χ1n) is 6.02. The molecule has 0 aliphatic rings. The minimum Gasteiger partial charge on any atom is -0.496 e. The van der Waals surface area contributed by atoms with E-state index in [9.17, 15) is 10.2 Å². The molecule has 1 aromatic rings. The molecule has 0 heterocycles. The van der Waals surface area contributed by atoms with Gasteiger partial charge in [0.25, 0.3) is 0 Å². The van der Waals surface area contributed by atoms with Gasteiger partial charge in [-0.3, -0.25) is 0 Å². The number of aliphatic hydroxyl groups excluding tert-OH is 2. The van der Waals surface area contributed by atoms with Crippen LogP contribution in [-0.2, 0) is 0 Å². The monoisotopic (exact) mass is 238 g/mol. The van der Waals surface area contributed by atoms with Gasteiger partial charge >= 0.3 is 0 Å². The highest BCUT2D eigenvalue weighted by molar-refractivity contribution is 5.42. The minimum atomic E-state index is -0.820. The fraction of sp³-hybridized carbons (Fsp3) is 0.571. The Labute approximate surface area is 103 Å². The highest BCUT2D eigenvalue weighted by Gasteiger charge is 2.20. The molecule has 0 saturated heterocycles. The van der Waals surface area contributed by atoms with Gasteiger partial charge in [-0.2, -0.15) is 0 Å². The first-order chi connectivity index (χ1) is 8.01. The second kappa shape index (κ2) is 6.03. The van der Waals surface area contributed by atoms with Crippen LogP contribution in [0.5, 0.6) is 5.75 Å². The average Bonchev–Trinajstić information content (AvgIpc) is 2.31. The van der Waals surface area contributed by atoms with E-state index in [0.717, 1.165) is 28.9 Å². The zero-order valence-electron chi connectivity index (χ0n) is 11.0. The maximum atomic E-state index is 10.1. The molecule has 1 aromatic carbocycles. The Morgan fingerprint density at radius 1 is 1.18 bits per heavy atom. The van der Waals surface area contributed by atoms with Crippen molar-refractivity contribution < 1.29 is 14.9 Å². The van der Waals surface area contributed by atoms with Crippen molar-refractivity contribution in [3.8, 4) is 5.75 Å². The molecule has 3 heteroatoms. The van der Waals surface area contributed by atoms with E-state index in [2.05, 4.69) is 0 Å². The van der Waals surface area contributed by atoms with Crippen LogP contribution in [0.1, 0.15) is 42.6 Å². The Balaban J connectivity index is 3.01. The molecule has 0 bridgehead atoms. The summed E-state index contributed by atoms with van der Waals surface area (Å²) in [6.07, 6.45) is -0.0657. The van der Waals surface area contributed by atoms with E-state index >= 15 is 0 Å². The van der Waals surface area contributed by atoms with Crippen molar-refractivity contribution in [1.82, 2.24) is 0 Å². The van der Waals surface area contributed by atoms with E-state index < -0.39 is 12.2 Å². The van der Waals surface area contributed by atoms with Crippen LogP contribution in [0.25, 0.3) is 0 Å². The first kappa shape index (κ1) is 14.0. The highest BCUT2D eigenvalue weighted by Crippen LogP contribution is 2.29. The number of aliphatic hydroxyl groups is 2. The van der Waals surface area contributed by atoms with Gasteiger partial charge in [0.15, 0.2) is 0 Å². The van der Waals surface area contributed by atoms with Crippen LogP contribution in [0.2, 0.25) is 0 Å². The van der Waals surface area contributed by atoms with Crippen LogP contribution in [0.4, 0.5) is 0 Å². The fourth-order valence-corrected chi connectivity index (χ4v) is 2.01. The van der Waals surface area contributed by atoms with Gasteiger partial charge in [0.2, 0.25) is 0 Å². The summed E-state index contributed by atoms with van der Waals surface area (Å²) in [4.78, 5) is 0. The first-order valence-corrected chi connectivity index (χ1v) is 6.02. The lowest BCUT2D eigenvalue weighted by Gasteiger charge is -2.20. The molecule has 0 aliphatic carbocycles. The molecule has 2 N–H and O–H groups in total. The molecule has 0 saturated carbocycles. The van der Waals surface area contributed by atoms with Gasteiger partial charge in [-0.25, -0.2) is 0 Å². The van der Waals surface area contributed by atoms with Gasteiger partial charge in [-0.1, -0.05) is 13.3 Å². The molecule has 0 radical (unpaired) electrons. The number of rotatable bonds is 5. The molecule has 0 fully saturated rings. The summed E-state index contributed by atoms with van der Waals surface area (Å²) in [6.45, 7) is 5.84. The Morgan fingerprint density at radius 3 is 2.35 bits per heavy atom. The molecular formula is C14H22O3. The average molecular weight is 238 g/mol. The van der Waals surface area contributed by atoms with Crippen LogP contribution in [0.15, 0.2) is 12.1 Å². The molecule has 2 atom stereocenters. The SMILES string of the molecule is CCCC(O)C(O)c1cc(C)c(OC)cc1C. The van der Waals surface area contributed by atoms with E-state index in [-0.39, 0.29) is 0 Å². The smallest absolute Gasteiger partial charge is 0.122 e. The molecule has 96 valence electrons. The van der Waals surface area contributed by atoms with Crippen LogP contribution in [0.3, 0.4) is 0 Å². The second-order valence-electron chi connectivity index (χ2n) is 4.48. The van der Waals surface area contributed by atoms with E-state index in [0.29, 0.717) is 6.42 Å². The van der Waals surface area contributed by atoms with Crippen LogP contribution in [0, 0.1) is 13.8 Å². The Kier molecular flexibility index (Phi) is 4.97. The molecule has 2 unspecified atom stereocenters. The second-order valence-corrected chi connectivity index (χ2v) is 4.48. The third kappa shape index (κ3) is 3.20. The predicted molar refractivity (Wildman–Crippen MR) is 68.3 cm³/mol. The fourth-order valence-electron chi connectivity index (χ4n) is 2.01. The Morgan fingerprint density at radius 2 is 1.82 bits per heavy atom. The van der Waals surface area contributed by atoms with Gasteiger partial charge in [0.05, 0.1) is 13.2 Å². The quantitative estimate of drug-likeness (QED) is 0.828. The lowest BCUT2D eigenvalue weighted by atomic mass is 9.95. The Bertz CT molecular complexity index is 374. The van der Waals surface area contributed by atoms with Crippen LogP contribution >= 0.6 is 0 Å². The maximum absolute atomic E-state index is 10.1. The number of aryl methyl sites for hydroxylation is 2. The minimum absolute atomic E-state index is 0.603. The van der Waals surface area contributed by atoms with Gasteiger partial charge in [0.1, 0.15) is 11.9 Å². The van der Waals surface area contributed by atoms with Crippen LogP contribution in [-0.4, -0.2) is 23.4 Å². The molecule has 0 spiro atoms. The van der Waals surface area contributed by atoms with Crippen molar-refractivity contribution in [1.29, 1.82) is 0 Å². The molecular weight excluding hydrogens is 216 g/mol.